The summed E-state index contributed by atoms with van der Waals surface area (Å²) in [6.07, 6.45) is -0.316. The number of hydrogen-bond acceptors (Lipinski definition) is 6. The summed E-state index contributed by atoms with van der Waals surface area (Å²) in [7, 11) is 1.57. The molecule has 0 saturated carbocycles. The highest BCUT2D eigenvalue weighted by Gasteiger charge is 2.17. The van der Waals surface area contributed by atoms with Crippen LogP contribution in [0.5, 0.6) is 0 Å². The number of thiol groups is 1. The van der Waals surface area contributed by atoms with Gasteiger partial charge in [0.2, 0.25) is 0 Å². The lowest BCUT2D eigenvalue weighted by atomic mass is 10.2. The zero-order valence-corrected chi connectivity index (χ0v) is 10.9. The van der Waals surface area contributed by atoms with Crippen molar-refractivity contribution in [2.75, 3.05) is 39.2 Å². The predicted molar refractivity (Wildman–Crippen MR) is 66.6 cm³/mol. The smallest absolute Gasteiger partial charge is 0.320 e. The Morgan fingerprint density at radius 2 is 2.18 bits per heavy atom. The van der Waals surface area contributed by atoms with Crippen LogP contribution >= 0.6 is 12.6 Å². The van der Waals surface area contributed by atoms with Crippen LogP contribution in [0.25, 0.3) is 0 Å². The molecule has 0 aromatic heterocycles. The van der Waals surface area contributed by atoms with E-state index in [1.807, 2.05) is 0 Å². The molecule has 7 heteroatoms. The number of aliphatic carboxylic acids is 1. The lowest BCUT2D eigenvalue weighted by Crippen LogP contribution is -2.42. The van der Waals surface area contributed by atoms with E-state index in [1.54, 1.807) is 7.11 Å². The van der Waals surface area contributed by atoms with Crippen LogP contribution in [0.2, 0.25) is 0 Å². The molecule has 0 bridgehead atoms. The highest BCUT2D eigenvalue weighted by atomic mass is 32.1. The number of methoxy groups -OCH3 is 1. The molecule has 0 aliphatic heterocycles. The molecule has 0 aromatic carbocycles. The Bertz CT molecular complexity index is 205. The molecule has 0 saturated heterocycles. The third-order valence-electron chi connectivity index (χ3n) is 2.06. The molecule has 6 nitrogen and oxygen atoms in total. The molecular weight excluding hydrogens is 246 g/mol. The van der Waals surface area contributed by atoms with E-state index in [2.05, 4.69) is 17.9 Å². The molecule has 1 unspecified atom stereocenters. The van der Waals surface area contributed by atoms with Crippen molar-refractivity contribution in [3.05, 3.63) is 0 Å². The number of carbonyl (C=O) groups is 1. The summed E-state index contributed by atoms with van der Waals surface area (Å²) in [5, 5.41) is 21.1. The second-order valence-electron chi connectivity index (χ2n) is 3.53. The molecule has 0 radical (unpaired) electrons. The van der Waals surface area contributed by atoms with Crippen LogP contribution in [0, 0.1) is 0 Å². The van der Waals surface area contributed by atoms with E-state index in [9.17, 15) is 9.90 Å². The maximum absolute atomic E-state index is 10.8. The van der Waals surface area contributed by atoms with E-state index < -0.39 is 18.1 Å². The number of rotatable bonds is 11. The Hall–Kier alpha value is -0.340. The van der Waals surface area contributed by atoms with E-state index in [4.69, 9.17) is 14.6 Å². The third kappa shape index (κ3) is 9.37. The lowest BCUT2D eigenvalue weighted by Gasteiger charge is -2.16. The number of carboxylic acids is 1. The number of nitrogens with one attached hydrogen (secondary N) is 1. The summed E-state index contributed by atoms with van der Waals surface area (Å²) >= 11 is 3.97. The van der Waals surface area contributed by atoms with Gasteiger partial charge in [0.1, 0.15) is 6.04 Å². The predicted octanol–water partition coefficient (Wildman–Crippen LogP) is -0.627. The van der Waals surface area contributed by atoms with Crippen LogP contribution in [0.15, 0.2) is 0 Å². The molecule has 2 atom stereocenters. The van der Waals surface area contributed by atoms with Gasteiger partial charge in [-0.2, -0.15) is 12.6 Å². The first-order valence-electron chi connectivity index (χ1n) is 5.43. The van der Waals surface area contributed by atoms with Crippen LogP contribution in [-0.4, -0.2) is 67.6 Å². The van der Waals surface area contributed by atoms with E-state index in [-0.39, 0.29) is 13.2 Å². The van der Waals surface area contributed by atoms with Gasteiger partial charge >= 0.3 is 5.97 Å². The highest BCUT2D eigenvalue weighted by molar-refractivity contribution is 7.80. The molecule has 3 N–H and O–H groups in total. The fraction of sp³-hybridized carbons (Fsp3) is 0.900. The van der Waals surface area contributed by atoms with Gasteiger partial charge in [0.05, 0.1) is 25.9 Å². The van der Waals surface area contributed by atoms with Crippen molar-refractivity contribution in [1.82, 2.24) is 5.32 Å². The topological polar surface area (TPSA) is 88.0 Å². The van der Waals surface area contributed by atoms with Gasteiger partial charge in [-0.3, -0.25) is 4.79 Å². The molecule has 0 aliphatic carbocycles. The zero-order chi connectivity index (χ0) is 13.1. The minimum absolute atomic E-state index is 0.156. The van der Waals surface area contributed by atoms with Crippen molar-refractivity contribution in [3.63, 3.8) is 0 Å². The Labute approximate surface area is 107 Å². The van der Waals surface area contributed by atoms with Gasteiger partial charge in [-0.05, 0) is 12.2 Å². The average Bonchev–Trinajstić information content (AvgIpc) is 2.29. The molecule has 0 aromatic rings. The zero-order valence-electron chi connectivity index (χ0n) is 9.96. The lowest BCUT2D eigenvalue weighted by molar-refractivity contribution is -0.139. The van der Waals surface area contributed by atoms with Crippen molar-refractivity contribution in [1.29, 1.82) is 0 Å². The van der Waals surface area contributed by atoms with Crippen molar-refractivity contribution in [2.45, 2.75) is 18.6 Å². The monoisotopic (exact) mass is 267 g/mol. The first-order valence-corrected chi connectivity index (χ1v) is 6.06. The number of aliphatic hydroxyl groups is 1. The second-order valence-corrected chi connectivity index (χ2v) is 3.98. The van der Waals surface area contributed by atoms with Crippen LogP contribution in [0.4, 0.5) is 0 Å². The molecular formula is C10H21NO5S. The Balaban J connectivity index is 3.65. The maximum atomic E-state index is 10.8. The summed E-state index contributed by atoms with van der Waals surface area (Å²) in [6.45, 7) is 1.21. The SMILES string of the molecule is COCCOCC(O)CN[C@@H](CCS)C(=O)O. The fourth-order valence-electron chi connectivity index (χ4n) is 1.14. The number of hydrogen-bond donors (Lipinski definition) is 4. The van der Waals surface area contributed by atoms with E-state index >= 15 is 0 Å². The van der Waals surface area contributed by atoms with Crippen LogP contribution < -0.4 is 5.32 Å². The van der Waals surface area contributed by atoms with Crippen LogP contribution in [0.1, 0.15) is 6.42 Å². The van der Waals surface area contributed by atoms with Gasteiger partial charge < -0.3 is 25.0 Å². The number of aliphatic hydroxyl groups excluding tert-OH is 1. The number of carboxylic acid groups (broad SMARTS) is 1. The first-order chi connectivity index (χ1) is 8.11. The normalized spacial score (nSPS) is 14.5. The molecule has 0 amide bonds. The Kier molecular flexibility index (Phi) is 10.6. The van der Waals surface area contributed by atoms with Crippen molar-refractivity contribution < 1.29 is 24.5 Å². The van der Waals surface area contributed by atoms with Gasteiger partial charge in [-0.15, -0.1) is 0 Å². The molecule has 0 spiro atoms. The first kappa shape index (κ1) is 16.7. The molecule has 17 heavy (non-hydrogen) atoms. The van der Waals surface area contributed by atoms with E-state index in [0.717, 1.165) is 0 Å². The van der Waals surface area contributed by atoms with E-state index in [1.165, 1.54) is 0 Å². The molecule has 0 rings (SSSR count). The minimum Gasteiger partial charge on any atom is -0.480 e. The summed E-state index contributed by atoms with van der Waals surface area (Å²) in [6, 6.07) is -0.680. The Morgan fingerprint density at radius 1 is 1.47 bits per heavy atom. The maximum Gasteiger partial charge on any atom is 0.320 e. The van der Waals surface area contributed by atoms with Crippen molar-refractivity contribution >= 4 is 18.6 Å². The van der Waals surface area contributed by atoms with Gasteiger partial charge in [0.25, 0.3) is 0 Å². The highest BCUT2D eigenvalue weighted by Crippen LogP contribution is 1.95. The summed E-state index contributed by atoms with van der Waals surface area (Å²) in [4.78, 5) is 10.8. The summed E-state index contributed by atoms with van der Waals surface area (Å²) in [5.41, 5.74) is 0. The Morgan fingerprint density at radius 3 is 2.71 bits per heavy atom. The standard InChI is InChI=1S/C10H21NO5S/c1-15-3-4-16-7-8(12)6-11-9(2-5-17)10(13)14/h8-9,11-12,17H,2-7H2,1H3,(H,13,14)/t8?,9-/m0/s1. The molecule has 0 aliphatic rings. The fourth-order valence-corrected chi connectivity index (χ4v) is 1.40. The third-order valence-corrected chi connectivity index (χ3v) is 2.32. The average molecular weight is 267 g/mol. The second kappa shape index (κ2) is 10.8. The van der Waals surface area contributed by atoms with Crippen molar-refractivity contribution in [3.8, 4) is 0 Å². The minimum atomic E-state index is -0.938. The van der Waals surface area contributed by atoms with Gasteiger partial charge in [0.15, 0.2) is 0 Å². The van der Waals surface area contributed by atoms with Crippen molar-refractivity contribution in [2.24, 2.45) is 0 Å². The van der Waals surface area contributed by atoms with Gasteiger partial charge in [-0.1, -0.05) is 0 Å². The number of ether oxygens (including phenoxy) is 2. The molecule has 0 heterocycles. The van der Waals surface area contributed by atoms with Gasteiger partial charge in [0, 0.05) is 13.7 Å². The summed E-state index contributed by atoms with van der Waals surface area (Å²) in [5.74, 6) is -0.462. The summed E-state index contributed by atoms with van der Waals surface area (Å²) < 4.78 is 9.89. The van der Waals surface area contributed by atoms with E-state index in [0.29, 0.717) is 25.4 Å². The molecule has 102 valence electrons. The van der Waals surface area contributed by atoms with Crippen LogP contribution in [0.3, 0.4) is 0 Å². The largest absolute Gasteiger partial charge is 0.480 e. The van der Waals surface area contributed by atoms with Gasteiger partial charge in [-0.25, -0.2) is 0 Å². The molecule has 0 fully saturated rings. The quantitative estimate of drug-likeness (QED) is 0.295. The van der Waals surface area contributed by atoms with Crippen LogP contribution in [-0.2, 0) is 14.3 Å².